The van der Waals surface area contributed by atoms with Crippen LogP contribution in [0.2, 0.25) is 0 Å². The minimum atomic E-state index is -2.24. The van der Waals surface area contributed by atoms with Gasteiger partial charge in [0.1, 0.15) is 6.10 Å². The van der Waals surface area contributed by atoms with Gasteiger partial charge in [-0.1, -0.05) is 0 Å². The minimum Gasteiger partial charge on any atom is -0.367 e. The molecule has 2 saturated carbocycles. The highest BCUT2D eigenvalue weighted by Crippen LogP contribution is 2.41. The lowest BCUT2D eigenvalue weighted by molar-refractivity contribution is -0.0179. The van der Waals surface area contributed by atoms with Gasteiger partial charge in [0.05, 0.1) is 30.6 Å². The predicted octanol–water partition coefficient (Wildman–Crippen LogP) is 5.68. The van der Waals surface area contributed by atoms with Gasteiger partial charge in [-0.3, -0.25) is 4.68 Å². The van der Waals surface area contributed by atoms with Crippen LogP contribution in [0.1, 0.15) is 86.0 Å². The van der Waals surface area contributed by atoms with E-state index in [1.165, 1.54) is 12.8 Å². The summed E-state index contributed by atoms with van der Waals surface area (Å²) in [4.78, 5) is 17.0. The van der Waals surface area contributed by atoms with Gasteiger partial charge in [0, 0.05) is 41.2 Å². The molecule has 3 fully saturated rings. The maximum Gasteiger partial charge on any atom is 0.241 e. The Bertz CT molecular complexity index is 1250. The Morgan fingerprint density at radius 3 is 2.50 bits per heavy atom. The number of morpholine rings is 1. The Labute approximate surface area is 210 Å². The average Bonchev–Trinajstić information content (AvgIpc) is 3.60. The zero-order valence-corrected chi connectivity index (χ0v) is 21.2. The highest BCUT2D eigenvalue weighted by Gasteiger charge is 2.33. The lowest BCUT2D eigenvalue weighted by Crippen LogP contribution is -2.43. The van der Waals surface area contributed by atoms with E-state index in [4.69, 9.17) is 19.7 Å². The van der Waals surface area contributed by atoms with Crippen LogP contribution in [-0.4, -0.2) is 50.4 Å². The molecule has 0 spiro atoms. The fourth-order valence-electron chi connectivity index (χ4n) is 5.71. The second kappa shape index (κ2) is 9.32. The van der Waals surface area contributed by atoms with Crippen LogP contribution in [0.4, 0.5) is 14.7 Å². The van der Waals surface area contributed by atoms with E-state index in [1.807, 2.05) is 20.0 Å². The molecule has 0 aromatic carbocycles. The third kappa shape index (κ3) is 4.58. The lowest BCUT2D eigenvalue weighted by atomic mass is 9.80. The summed E-state index contributed by atoms with van der Waals surface area (Å²) < 4.78 is 35.0. The largest absolute Gasteiger partial charge is 0.367 e. The molecule has 0 unspecified atom stereocenters. The summed E-state index contributed by atoms with van der Waals surface area (Å²) in [6, 6.07) is 2.65. The monoisotopic (exact) mass is 496 g/mol. The number of fused-ring (bicyclic) bond motifs is 1. The van der Waals surface area contributed by atoms with Crippen molar-refractivity contribution in [2.45, 2.75) is 89.9 Å². The van der Waals surface area contributed by atoms with E-state index < -0.39 is 12.3 Å². The van der Waals surface area contributed by atoms with E-state index in [9.17, 15) is 8.78 Å². The SMILES string of the molecule is Cc1cc2c(C3CCC(C(F)F)CC3)nc(N3C[C@@H](C)O[C@H](c4cnn(C5CC5)c4)C3)nc2nc1C. The Kier molecular flexibility index (Phi) is 6.14. The first-order valence-electron chi connectivity index (χ1n) is 13.2. The number of pyridine rings is 1. The van der Waals surface area contributed by atoms with Crippen molar-refractivity contribution < 1.29 is 13.5 Å². The average molecular weight is 497 g/mol. The molecule has 7 nitrogen and oxygen atoms in total. The topological polar surface area (TPSA) is 69.0 Å². The second-order valence-electron chi connectivity index (χ2n) is 10.9. The molecule has 2 aliphatic carbocycles. The molecule has 36 heavy (non-hydrogen) atoms. The van der Waals surface area contributed by atoms with Crippen LogP contribution >= 0.6 is 0 Å². The van der Waals surface area contributed by atoms with Crippen molar-refractivity contribution in [3.63, 3.8) is 0 Å². The number of anilines is 1. The van der Waals surface area contributed by atoms with Gasteiger partial charge >= 0.3 is 0 Å². The minimum absolute atomic E-state index is 0.00460. The number of aryl methyl sites for hydroxylation is 2. The van der Waals surface area contributed by atoms with Crippen molar-refractivity contribution in [1.82, 2.24) is 24.7 Å². The smallest absolute Gasteiger partial charge is 0.241 e. The zero-order valence-electron chi connectivity index (χ0n) is 21.2. The van der Waals surface area contributed by atoms with Gasteiger partial charge < -0.3 is 9.64 Å². The molecule has 3 aromatic rings. The molecule has 0 radical (unpaired) electrons. The van der Waals surface area contributed by atoms with E-state index in [0.717, 1.165) is 40.7 Å². The molecule has 0 amide bonds. The number of alkyl halides is 2. The molecular formula is C27H34F2N6O. The van der Waals surface area contributed by atoms with Gasteiger partial charge in [-0.15, -0.1) is 0 Å². The van der Waals surface area contributed by atoms with E-state index >= 15 is 0 Å². The Balaban J connectivity index is 1.33. The van der Waals surface area contributed by atoms with Gasteiger partial charge in [0.15, 0.2) is 5.65 Å². The molecule has 0 N–H and O–H groups in total. The number of ether oxygens (including phenoxy) is 1. The summed E-state index contributed by atoms with van der Waals surface area (Å²) in [5, 5.41) is 5.50. The van der Waals surface area contributed by atoms with Crippen LogP contribution in [0.15, 0.2) is 18.5 Å². The van der Waals surface area contributed by atoms with Gasteiger partial charge in [-0.2, -0.15) is 10.1 Å². The van der Waals surface area contributed by atoms with Crippen LogP contribution in [-0.2, 0) is 4.74 Å². The van der Waals surface area contributed by atoms with Crippen molar-refractivity contribution in [3.8, 4) is 0 Å². The Morgan fingerprint density at radius 1 is 1.00 bits per heavy atom. The van der Waals surface area contributed by atoms with Crippen molar-refractivity contribution in [1.29, 1.82) is 0 Å². The van der Waals surface area contributed by atoms with E-state index in [2.05, 4.69) is 33.9 Å². The van der Waals surface area contributed by atoms with Crippen molar-refractivity contribution in [3.05, 3.63) is 41.0 Å². The first-order valence-corrected chi connectivity index (χ1v) is 13.2. The number of rotatable bonds is 5. The number of hydrogen-bond acceptors (Lipinski definition) is 6. The van der Waals surface area contributed by atoms with Crippen LogP contribution in [0, 0.1) is 19.8 Å². The maximum atomic E-state index is 13.3. The summed E-state index contributed by atoms with van der Waals surface area (Å²) >= 11 is 0. The van der Waals surface area contributed by atoms with Gasteiger partial charge in [-0.25, -0.2) is 18.7 Å². The summed E-state index contributed by atoms with van der Waals surface area (Å²) in [5.41, 5.74) is 4.76. The quantitative estimate of drug-likeness (QED) is 0.453. The molecule has 6 rings (SSSR count). The molecule has 1 saturated heterocycles. The predicted molar refractivity (Wildman–Crippen MR) is 134 cm³/mol. The van der Waals surface area contributed by atoms with Gasteiger partial charge in [0.2, 0.25) is 12.4 Å². The highest BCUT2D eigenvalue weighted by atomic mass is 19.3. The number of hydrogen-bond donors (Lipinski definition) is 0. The van der Waals surface area contributed by atoms with Crippen LogP contribution in [0.5, 0.6) is 0 Å². The first kappa shape index (κ1) is 23.7. The summed E-state index contributed by atoms with van der Waals surface area (Å²) in [5.74, 6) is 0.284. The van der Waals surface area contributed by atoms with Crippen LogP contribution < -0.4 is 4.90 Å². The molecule has 9 heteroatoms. The molecule has 192 valence electrons. The lowest BCUT2D eigenvalue weighted by Gasteiger charge is -2.37. The zero-order chi connectivity index (χ0) is 25.0. The van der Waals surface area contributed by atoms with E-state index in [0.29, 0.717) is 43.6 Å². The third-order valence-electron chi connectivity index (χ3n) is 8.12. The van der Waals surface area contributed by atoms with E-state index in [-0.39, 0.29) is 18.1 Å². The molecule has 4 heterocycles. The summed E-state index contributed by atoms with van der Waals surface area (Å²) in [6.45, 7) is 7.43. The molecule has 1 aliphatic heterocycles. The maximum absolute atomic E-state index is 13.3. The standard InChI is InChI=1S/C27H34F2N6O/c1-15-10-22-24(18-4-6-19(7-5-18)25(28)29)32-27(33-26(22)31-17(15)3)34-12-16(2)36-23(14-34)20-11-30-35(13-20)21-8-9-21/h10-11,13,16,18-19,21,23,25H,4-9,12,14H2,1-3H3/t16-,18?,19?,23+/m1/s1. The number of halogens is 2. The van der Waals surface area contributed by atoms with Crippen molar-refractivity contribution in [2.24, 2.45) is 5.92 Å². The fourth-order valence-corrected chi connectivity index (χ4v) is 5.71. The van der Waals surface area contributed by atoms with Crippen LogP contribution in [0.3, 0.4) is 0 Å². The second-order valence-corrected chi connectivity index (χ2v) is 10.9. The van der Waals surface area contributed by atoms with Crippen molar-refractivity contribution in [2.75, 3.05) is 18.0 Å². The molecule has 3 aliphatic rings. The Morgan fingerprint density at radius 2 is 1.78 bits per heavy atom. The number of aromatic nitrogens is 5. The molecule has 2 atom stereocenters. The van der Waals surface area contributed by atoms with Gasteiger partial charge in [0.25, 0.3) is 0 Å². The molecular weight excluding hydrogens is 462 g/mol. The third-order valence-corrected chi connectivity index (χ3v) is 8.12. The van der Waals surface area contributed by atoms with E-state index in [1.54, 1.807) is 0 Å². The molecule has 0 bridgehead atoms. The Hall–Kier alpha value is -2.68. The molecule has 3 aromatic heterocycles. The van der Waals surface area contributed by atoms with Crippen molar-refractivity contribution >= 4 is 17.0 Å². The van der Waals surface area contributed by atoms with Crippen LogP contribution in [0.25, 0.3) is 11.0 Å². The summed E-state index contributed by atoms with van der Waals surface area (Å²) in [6.07, 6.45) is 6.55. The first-order chi connectivity index (χ1) is 17.4. The number of nitrogens with zero attached hydrogens (tertiary/aromatic N) is 6. The van der Waals surface area contributed by atoms with Gasteiger partial charge in [-0.05, 0) is 70.9 Å². The normalized spacial score (nSPS) is 27.2. The summed E-state index contributed by atoms with van der Waals surface area (Å²) in [7, 11) is 0. The fraction of sp³-hybridized carbons (Fsp3) is 0.630. The highest BCUT2D eigenvalue weighted by molar-refractivity contribution is 5.80.